The Bertz CT molecular complexity index is 589. The van der Waals surface area contributed by atoms with E-state index in [1.54, 1.807) is 0 Å². The summed E-state index contributed by atoms with van der Waals surface area (Å²) in [5.41, 5.74) is 5.74. The molecule has 23 heavy (non-hydrogen) atoms. The molecule has 1 N–H and O–H groups in total. The normalized spacial score (nSPS) is 11.3. The molecule has 0 aliphatic heterocycles. The van der Waals surface area contributed by atoms with E-state index in [0.29, 0.717) is 5.69 Å². The van der Waals surface area contributed by atoms with Crippen LogP contribution in [0.25, 0.3) is 0 Å². The number of nitrogens with one attached hydrogen (secondary N) is 1. The van der Waals surface area contributed by atoms with Crippen LogP contribution in [-0.4, -0.2) is 16.1 Å². The van der Waals surface area contributed by atoms with Crippen LogP contribution < -0.4 is 5.32 Å². The number of rotatable bonds is 1. The van der Waals surface area contributed by atoms with Gasteiger partial charge in [-0.1, -0.05) is 39.3 Å². The minimum Gasteiger partial charge on any atom is -0.315 e. The Balaban J connectivity index is 0.000000688. The summed E-state index contributed by atoms with van der Waals surface area (Å²) in [5, 5.41) is 2.79. The molecular formula is C17H24F3NSi2. The minimum absolute atomic E-state index is 0.573. The molecule has 126 valence electrons. The van der Waals surface area contributed by atoms with Gasteiger partial charge in [-0.25, -0.2) is 0 Å². The van der Waals surface area contributed by atoms with Crippen LogP contribution in [0.1, 0.15) is 5.56 Å². The second-order valence-electron chi connectivity index (χ2n) is 7.09. The van der Waals surface area contributed by atoms with Crippen molar-refractivity contribution in [2.45, 2.75) is 45.5 Å². The van der Waals surface area contributed by atoms with Gasteiger partial charge in [0.1, 0.15) is 16.1 Å². The zero-order valence-electron chi connectivity index (χ0n) is 14.5. The molecule has 0 amide bonds. The number of halogens is 3. The number of benzene rings is 1. The summed E-state index contributed by atoms with van der Waals surface area (Å²) < 4.78 is 36.9. The highest BCUT2D eigenvalue weighted by atomic mass is 28.3. The largest absolute Gasteiger partial charge is 0.416 e. The fraction of sp³-hybridized carbons (Fsp3) is 0.412. The molecule has 0 saturated carbocycles. The molecule has 0 bridgehead atoms. The molecule has 1 nitrogen and oxygen atoms in total. The molecule has 1 rings (SSSR count). The van der Waals surface area contributed by atoms with Gasteiger partial charge in [-0.2, -0.15) is 13.2 Å². The van der Waals surface area contributed by atoms with Gasteiger partial charge < -0.3 is 5.32 Å². The molecule has 0 fully saturated rings. The first-order valence-corrected chi connectivity index (χ1v) is 14.2. The third kappa shape index (κ3) is 11.6. The van der Waals surface area contributed by atoms with E-state index in [2.05, 4.69) is 61.7 Å². The smallest absolute Gasteiger partial charge is 0.315 e. The number of anilines is 1. The summed E-state index contributed by atoms with van der Waals surface area (Å²) in [5.74, 6) is 0. The highest BCUT2D eigenvalue weighted by Gasteiger charge is 2.29. The number of alkyl halides is 3. The Hall–Kier alpha value is -1.64. The van der Waals surface area contributed by atoms with Crippen molar-refractivity contribution >= 4 is 21.8 Å². The summed E-state index contributed by atoms with van der Waals surface area (Å²) in [7, 11) is -2.56. The van der Waals surface area contributed by atoms with Crippen molar-refractivity contribution in [1.82, 2.24) is 0 Å². The zero-order valence-corrected chi connectivity index (χ0v) is 16.5. The average molecular weight is 356 g/mol. The quantitative estimate of drug-likeness (QED) is 0.401. The van der Waals surface area contributed by atoms with Crippen molar-refractivity contribution in [3.05, 3.63) is 29.8 Å². The second kappa shape index (κ2) is 8.28. The van der Waals surface area contributed by atoms with Crippen LogP contribution in [0.3, 0.4) is 0 Å². The van der Waals surface area contributed by atoms with Crippen LogP contribution in [0.4, 0.5) is 18.9 Å². The minimum atomic E-state index is -4.29. The van der Waals surface area contributed by atoms with Crippen LogP contribution in [-0.2, 0) is 6.18 Å². The number of hydrogen-bond acceptors (Lipinski definition) is 1. The predicted octanol–water partition coefficient (Wildman–Crippen LogP) is 5.45. The van der Waals surface area contributed by atoms with Crippen molar-refractivity contribution in [2.24, 2.45) is 0 Å². The molecule has 1 aromatic carbocycles. The van der Waals surface area contributed by atoms with E-state index in [-0.39, 0.29) is 0 Å². The van der Waals surface area contributed by atoms with Crippen molar-refractivity contribution in [1.29, 1.82) is 0 Å². The number of hydrogen-bond donors (Lipinski definition) is 1. The standard InChI is InChI=1S/C12H14F3NSi.C5H10Si/c1-17(2,3)9-8-16-11-6-4-10(5-7-11)12(13,14)15;1-5-6(2,3)4/h4-7,16H,1-3H3;1H,2-4H3. The molecule has 0 saturated heterocycles. The van der Waals surface area contributed by atoms with Gasteiger partial charge in [-0.05, 0) is 24.3 Å². The third-order valence-electron chi connectivity index (χ3n) is 2.29. The maximum atomic E-state index is 12.3. The molecule has 0 heterocycles. The van der Waals surface area contributed by atoms with Crippen LogP contribution in [0.2, 0.25) is 39.3 Å². The van der Waals surface area contributed by atoms with Crippen molar-refractivity contribution < 1.29 is 13.2 Å². The summed E-state index contributed by atoms with van der Waals surface area (Å²) in [6.45, 7) is 12.7. The molecule has 1 aromatic rings. The van der Waals surface area contributed by atoms with E-state index < -0.39 is 27.9 Å². The van der Waals surface area contributed by atoms with Gasteiger partial charge in [0, 0.05) is 11.7 Å². The fourth-order valence-electron chi connectivity index (χ4n) is 1.03. The lowest BCUT2D eigenvalue weighted by molar-refractivity contribution is -0.137. The Kier molecular flexibility index (Phi) is 7.69. The van der Waals surface area contributed by atoms with Crippen molar-refractivity contribution in [3.8, 4) is 23.6 Å². The summed E-state index contributed by atoms with van der Waals surface area (Å²) >= 11 is 0. The third-order valence-corrected chi connectivity index (χ3v) is 4.03. The van der Waals surface area contributed by atoms with E-state index >= 15 is 0 Å². The van der Waals surface area contributed by atoms with E-state index in [1.807, 2.05) is 0 Å². The first-order chi connectivity index (χ1) is 10.2. The van der Waals surface area contributed by atoms with Gasteiger partial charge in [0.15, 0.2) is 0 Å². The Labute approximate surface area is 139 Å². The first-order valence-electron chi connectivity index (χ1n) is 7.18. The highest BCUT2D eigenvalue weighted by Crippen LogP contribution is 2.29. The summed E-state index contributed by atoms with van der Waals surface area (Å²) in [6, 6.07) is 7.61. The monoisotopic (exact) mass is 355 g/mol. The molecule has 6 heteroatoms. The first kappa shape index (κ1) is 21.4. The molecule has 0 aliphatic carbocycles. The fourth-order valence-corrected chi connectivity index (χ4v) is 1.47. The highest BCUT2D eigenvalue weighted by molar-refractivity contribution is 6.84. The molecular weight excluding hydrogens is 331 g/mol. The number of terminal acetylenes is 1. The lowest BCUT2D eigenvalue weighted by atomic mass is 10.2. The van der Waals surface area contributed by atoms with Crippen molar-refractivity contribution in [3.63, 3.8) is 0 Å². The van der Waals surface area contributed by atoms with E-state index in [0.717, 1.165) is 12.1 Å². The lowest BCUT2D eigenvalue weighted by Gasteiger charge is -2.07. The average Bonchev–Trinajstić information content (AvgIpc) is 2.37. The second-order valence-corrected chi connectivity index (χ2v) is 16.6. The Morgan fingerprint density at radius 3 is 1.65 bits per heavy atom. The van der Waals surface area contributed by atoms with Gasteiger partial charge in [-0.15, -0.1) is 17.5 Å². The van der Waals surface area contributed by atoms with E-state index in [9.17, 15) is 13.2 Å². The molecule has 0 unspecified atom stereocenters. The van der Waals surface area contributed by atoms with E-state index in [4.69, 9.17) is 6.42 Å². The van der Waals surface area contributed by atoms with Gasteiger partial charge in [-0.3, -0.25) is 0 Å². The summed E-state index contributed by atoms with van der Waals surface area (Å²) in [6.07, 6.45) is 0.828. The predicted molar refractivity (Wildman–Crippen MR) is 98.4 cm³/mol. The maximum absolute atomic E-state index is 12.3. The van der Waals surface area contributed by atoms with Gasteiger partial charge in [0.05, 0.1) is 5.56 Å². The molecule has 0 aromatic heterocycles. The van der Waals surface area contributed by atoms with Gasteiger partial charge in [0.25, 0.3) is 0 Å². The Morgan fingerprint density at radius 2 is 1.35 bits per heavy atom. The van der Waals surface area contributed by atoms with E-state index in [1.165, 1.54) is 12.1 Å². The van der Waals surface area contributed by atoms with Gasteiger partial charge >= 0.3 is 6.18 Å². The van der Waals surface area contributed by atoms with Gasteiger partial charge in [0.2, 0.25) is 0 Å². The van der Waals surface area contributed by atoms with Crippen LogP contribution >= 0.6 is 0 Å². The Morgan fingerprint density at radius 1 is 0.913 bits per heavy atom. The molecule has 0 aliphatic rings. The topological polar surface area (TPSA) is 12.0 Å². The van der Waals surface area contributed by atoms with Crippen LogP contribution in [0.5, 0.6) is 0 Å². The molecule has 0 spiro atoms. The lowest BCUT2D eigenvalue weighted by Crippen LogP contribution is -2.16. The molecule has 0 atom stereocenters. The van der Waals surface area contributed by atoms with Crippen LogP contribution in [0, 0.1) is 23.6 Å². The zero-order chi connectivity index (χ0) is 18.3. The SMILES string of the molecule is C#C[Si](C)(C)C.C[Si](C)(C)C#CNc1ccc(C(F)(F)F)cc1. The summed E-state index contributed by atoms with van der Waals surface area (Å²) in [4.78, 5) is 0. The van der Waals surface area contributed by atoms with Crippen molar-refractivity contribution in [2.75, 3.05) is 5.32 Å². The van der Waals surface area contributed by atoms with Crippen LogP contribution in [0.15, 0.2) is 24.3 Å². The maximum Gasteiger partial charge on any atom is 0.416 e. The molecule has 0 radical (unpaired) electrons.